The minimum atomic E-state index is -0.231. The lowest BCUT2D eigenvalue weighted by atomic mass is 9.91. The SMILES string of the molecule is CC(C)(C)CC(=O)N(CCN1CCOCC1)CC(=O)N1N=C(c2cccs2)C[C@H]1c1ccc(Cl)cc1. The smallest absolute Gasteiger partial charge is 0.262 e. The predicted molar refractivity (Wildman–Crippen MR) is 144 cm³/mol. The second kappa shape index (κ2) is 11.9. The van der Waals surface area contributed by atoms with Crippen molar-refractivity contribution >= 4 is 40.5 Å². The van der Waals surface area contributed by atoms with Crippen molar-refractivity contribution in [3.05, 3.63) is 57.2 Å². The largest absolute Gasteiger partial charge is 0.379 e. The number of hydrazone groups is 1. The van der Waals surface area contributed by atoms with Crippen molar-refractivity contribution < 1.29 is 14.3 Å². The molecule has 36 heavy (non-hydrogen) atoms. The van der Waals surface area contributed by atoms with Gasteiger partial charge in [-0.15, -0.1) is 11.3 Å². The first-order chi connectivity index (χ1) is 17.2. The van der Waals surface area contributed by atoms with Gasteiger partial charge in [0.15, 0.2) is 0 Å². The molecule has 2 amide bonds. The van der Waals surface area contributed by atoms with Crippen LogP contribution in [0.4, 0.5) is 0 Å². The Morgan fingerprint density at radius 1 is 1.17 bits per heavy atom. The van der Waals surface area contributed by atoms with E-state index in [0.29, 0.717) is 37.6 Å². The molecule has 9 heteroatoms. The van der Waals surface area contributed by atoms with Gasteiger partial charge in [-0.2, -0.15) is 5.10 Å². The summed E-state index contributed by atoms with van der Waals surface area (Å²) in [5.74, 6) is -0.181. The molecule has 4 rings (SSSR count). The second-order valence-corrected chi connectivity index (χ2v) is 11.9. The molecule has 1 atom stereocenters. The summed E-state index contributed by atoms with van der Waals surface area (Å²) in [6.45, 7) is 10.4. The topological polar surface area (TPSA) is 65.5 Å². The molecular formula is C27H35ClN4O3S. The maximum Gasteiger partial charge on any atom is 0.262 e. The van der Waals surface area contributed by atoms with Crippen molar-refractivity contribution in [2.45, 2.75) is 39.7 Å². The Hall–Kier alpha value is -2.26. The van der Waals surface area contributed by atoms with Gasteiger partial charge in [0.1, 0.15) is 6.54 Å². The van der Waals surface area contributed by atoms with Crippen molar-refractivity contribution in [2.75, 3.05) is 45.9 Å². The zero-order chi connectivity index (χ0) is 25.7. The summed E-state index contributed by atoms with van der Waals surface area (Å²) in [4.78, 5) is 32.0. The molecule has 0 bridgehead atoms. The average molecular weight is 531 g/mol. The zero-order valence-electron chi connectivity index (χ0n) is 21.3. The van der Waals surface area contributed by atoms with E-state index < -0.39 is 0 Å². The summed E-state index contributed by atoms with van der Waals surface area (Å²) in [5.41, 5.74) is 1.70. The minimum Gasteiger partial charge on any atom is -0.379 e. The molecule has 0 unspecified atom stereocenters. The summed E-state index contributed by atoms with van der Waals surface area (Å²) in [7, 11) is 0. The third kappa shape index (κ3) is 7.16. The lowest BCUT2D eigenvalue weighted by molar-refractivity contribution is -0.142. The Morgan fingerprint density at radius 2 is 1.89 bits per heavy atom. The molecule has 1 fully saturated rings. The van der Waals surface area contributed by atoms with E-state index >= 15 is 0 Å². The monoisotopic (exact) mass is 530 g/mol. The third-order valence-electron chi connectivity index (χ3n) is 6.38. The number of ether oxygens (including phenoxy) is 1. The van der Waals surface area contributed by atoms with Crippen molar-refractivity contribution in [1.29, 1.82) is 0 Å². The number of morpholine rings is 1. The van der Waals surface area contributed by atoms with Gasteiger partial charge in [-0.05, 0) is 34.6 Å². The fourth-order valence-electron chi connectivity index (χ4n) is 4.46. The third-order valence-corrected chi connectivity index (χ3v) is 7.55. The van der Waals surface area contributed by atoms with Crippen LogP contribution in [0.5, 0.6) is 0 Å². The highest BCUT2D eigenvalue weighted by atomic mass is 35.5. The van der Waals surface area contributed by atoms with Gasteiger partial charge < -0.3 is 9.64 Å². The first kappa shape index (κ1) is 26.8. The van der Waals surface area contributed by atoms with Crippen LogP contribution in [0.3, 0.4) is 0 Å². The maximum absolute atomic E-state index is 13.7. The highest BCUT2D eigenvalue weighted by Crippen LogP contribution is 2.34. The van der Waals surface area contributed by atoms with E-state index in [1.807, 2.05) is 62.5 Å². The van der Waals surface area contributed by atoms with Crippen LogP contribution in [0.15, 0.2) is 46.9 Å². The quantitative estimate of drug-likeness (QED) is 0.497. The van der Waals surface area contributed by atoms with Gasteiger partial charge in [0.2, 0.25) is 5.91 Å². The number of hydrogen-bond acceptors (Lipinski definition) is 6. The maximum atomic E-state index is 13.7. The van der Waals surface area contributed by atoms with E-state index in [9.17, 15) is 9.59 Å². The summed E-state index contributed by atoms with van der Waals surface area (Å²) >= 11 is 7.73. The lowest BCUT2D eigenvalue weighted by Crippen LogP contribution is -2.47. The summed E-state index contributed by atoms with van der Waals surface area (Å²) in [6.07, 6.45) is 1.01. The van der Waals surface area contributed by atoms with Gasteiger partial charge in [-0.3, -0.25) is 14.5 Å². The van der Waals surface area contributed by atoms with Crippen LogP contribution in [-0.2, 0) is 14.3 Å². The van der Waals surface area contributed by atoms with Gasteiger partial charge in [0.25, 0.3) is 5.91 Å². The molecule has 2 aliphatic heterocycles. The van der Waals surface area contributed by atoms with Crippen LogP contribution in [-0.4, -0.2) is 78.3 Å². The predicted octanol–water partition coefficient (Wildman–Crippen LogP) is 4.68. The number of carbonyl (C=O) groups excluding carboxylic acids is 2. The molecule has 0 saturated carbocycles. The standard InChI is InChI=1S/C27H35ClN4O3S/c1-27(2,3)18-25(33)31(11-10-30-12-14-35-15-13-30)19-26(34)32-23(20-6-8-21(28)9-7-20)17-22(29-32)24-5-4-16-36-24/h4-9,16,23H,10-15,17-19H2,1-3H3/t23-/m0/s1. The van der Waals surface area contributed by atoms with Crippen molar-refractivity contribution in [3.63, 3.8) is 0 Å². The number of hydrogen-bond donors (Lipinski definition) is 0. The molecule has 0 N–H and O–H groups in total. The molecular weight excluding hydrogens is 496 g/mol. The molecule has 194 valence electrons. The molecule has 1 aromatic heterocycles. The van der Waals surface area contributed by atoms with E-state index in [1.54, 1.807) is 21.2 Å². The summed E-state index contributed by atoms with van der Waals surface area (Å²) < 4.78 is 5.45. The lowest BCUT2D eigenvalue weighted by Gasteiger charge is -2.32. The number of halogens is 1. The molecule has 0 radical (unpaired) electrons. The van der Waals surface area contributed by atoms with Crippen molar-refractivity contribution in [1.82, 2.24) is 14.8 Å². The molecule has 0 spiro atoms. The zero-order valence-corrected chi connectivity index (χ0v) is 22.9. The Kier molecular flexibility index (Phi) is 8.83. The number of thiophene rings is 1. The van der Waals surface area contributed by atoms with Gasteiger partial charge in [0.05, 0.1) is 29.8 Å². The molecule has 3 heterocycles. The van der Waals surface area contributed by atoms with Crippen LogP contribution in [0.1, 0.15) is 50.1 Å². The van der Waals surface area contributed by atoms with Crippen molar-refractivity contribution in [2.24, 2.45) is 10.5 Å². The Morgan fingerprint density at radius 3 is 2.53 bits per heavy atom. The molecule has 1 saturated heterocycles. The van der Waals surface area contributed by atoms with Crippen LogP contribution < -0.4 is 0 Å². The number of rotatable bonds is 8. The Labute approximate surface area is 222 Å². The fourth-order valence-corrected chi connectivity index (χ4v) is 5.30. The van der Waals surface area contributed by atoms with Crippen LogP contribution in [0, 0.1) is 5.41 Å². The number of carbonyl (C=O) groups is 2. The van der Waals surface area contributed by atoms with Crippen LogP contribution >= 0.6 is 22.9 Å². The van der Waals surface area contributed by atoms with Gasteiger partial charge in [-0.1, -0.05) is 50.6 Å². The number of benzene rings is 1. The number of nitrogens with zero attached hydrogens (tertiary/aromatic N) is 4. The Bertz CT molecular complexity index is 1060. The van der Waals surface area contributed by atoms with Crippen LogP contribution in [0.25, 0.3) is 0 Å². The molecule has 1 aromatic carbocycles. The van der Waals surface area contributed by atoms with E-state index in [4.69, 9.17) is 21.4 Å². The van der Waals surface area contributed by atoms with Crippen molar-refractivity contribution in [3.8, 4) is 0 Å². The summed E-state index contributed by atoms with van der Waals surface area (Å²) in [5, 5.41) is 9.00. The van der Waals surface area contributed by atoms with Crippen LogP contribution in [0.2, 0.25) is 5.02 Å². The van der Waals surface area contributed by atoms with Gasteiger partial charge in [-0.25, -0.2) is 5.01 Å². The molecule has 7 nitrogen and oxygen atoms in total. The number of amides is 2. The highest BCUT2D eigenvalue weighted by molar-refractivity contribution is 7.12. The molecule has 2 aromatic rings. The summed E-state index contributed by atoms with van der Waals surface area (Å²) in [6, 6.07) is 11.3. The normalized spacial score (nSPS) is 18.8. The molecule has 0 aliphatic carbocycles. The van der Waals surface area contributed by atoms with Gasteiger partial charge in [0, 0.05) is 44.0 Å². The fraction of sp³-hybridized carbons (Fsp3) is 0.519. The highest BCUT2D eigenvalue weighted by Gasteiger charge is 2.35. The first-order valence-electron chi connectivity index (χ1n) is 12.5. The molecule has 2 aliphatic rings. The Balaban J connectivity index is 1.53. The average Bonchev–Trinajstić information content (AvgIpc) is 3.52. The first-order valence-corrected chi connectivity index (χ1v) is 13.7. The minimum absolute atomic E-state index is 0.00453. The van der Waals surface area contributed by atoms with E-state index in [-0.39, 0.29) is 29.8 Å². The second-order valence-electron chi connectivity index (χ2n) is 10.5. The van der Waals surface area contributed by atoms with Gasteiger partial charge >= 0.3 is 0 Å². The van der Waals surface area contributed by atoms with E-state index in [2.05, 4.69) is 4.90 Å². The van der Waals surface area contributed by atoms with E-state index in [0.717, 1.165) is 35.8 Å². The van der Waals surface area contributed by atoms with E-state index in [1.165, 1.54) is 0 Å².